The van der Waals surface area contributed by atoms with Crippen molar-refractivity contribution in [2.24, 2.45) is 7.05 Å². The molecule has 1 N–H and O–H groups in total. The minimum Gasteiger partial charge on any atom is -0.508 e. The number of aromatic hydroxyl groups is 1. The number of esters is 1. The van der Waals surface area contributed by atoms with Crippen molar-refractivity contribution in [1.82, 2.24) is 9.47 Å². The molecule has 0 aliphatic carbocycles. The molecule has 0 fully saturated rings. The van der Waals surface area contributed by atoms with Gasteiger partial charge in [-0.15, -0.1) is 0 Å². The summed E-state index contributed by atoms with van der Waals surface area (Å²) in [5.74, 6) is -0.427. The van der Waals surface area contributed by atoms with Gasteiger partial charge in [0.2, 0.25) is 0 Å². The van der Waals surface area contributed by atoms with Crippen LogP contribution in [0.3, 0.4) is 0 Å². The van der Waals surface area contributed by atoms with E-state index in [0.717, 1.165) is 6.26 Å². The van der Waals surface area contributed by atoms with Crippen LogP contribution in [0, 0.1) is 0 Å². The summed E-state index contributed by atoms with van der Waals surface area (Å²) in [4.78, 5) is 14.9. The molecular weight excluding hydrogens is 408 g/mol. The number of phenolic OH excluding ortho intramolecular Hbond substituents is 1. The van der Waals surface area contributed by atoms with Crippen LogP contribution >= 0.6 is 0 Å². The number of hydrogen-bond donors (Lipinski definition) is 1. The average molecular weight is 435 g/mol. The first kappa shape index (κ1) is 21.9. The summed E-state index contributed by atoms with van der Waals surface area (Å²) in [6.07, 6.45) is 2.49. The molecule has 2 heterocycles. The lowest BCUT2D eigenvalue weighted by Crippen LogP contribution is -2.19. The lowest BCUT2D eigenvalue weighted by atomic mass is 10.0. The number of rotatable bonds is 7. The molecule has 1 unspecified atom stereocenters. The Balaban J connectivity index is 2.49. The molecule has 3 rings (SSSR count). The zero-order chi connectivity index (χ0) is 22.2. The van der Waals surface area contributed by atoms with E-state index in [9.17, 15) is 18.3 Å². The topological polar surface area (TPSA) is 102 Å². The van der Waals surface area contributed by atoms with E-state index in [0.29, 0.717) is 23.0 Å². The van der Waals surface area contributed by atoms with Crippen molar-refractivity contribution < 1.29 is 27.5 Å². The zero-order valence-corrected chi connectivity index (χ0v) is 18.5. The van der Waals surface area contributed by atoms with Gasteiger partial charge in [0.05, 0.1) is 24.1 Å². The number of aromatic nitrogens is 1. The van der Waals surface area contributed by atoms with Gasteiger partial charge in [0, 0.05) is 36.3 Å². The molecule has 8 nitrogen and oxygen atoms in total. The first-order chi connectivity index (χ1) is 14.1. The van der Waals surface area contributed by atoms with Crippen molar-refractivity contribution in [1.29, 1.82) is 0 Å². The number of carbonyl (C=O) groups is 1. The molecule has 3 aromatic rings. The van der Waals surface area contributed by atoms with E-state index in [2.05, 4.69) is 0 Å². The van der Waals surface area contributed by atoms with Crippen LogP contribution in [0.2, 0.25) is 0 Å². The normalized spacial score (nSPS) is 13.1. The van der Waals surface area contributed by atoms with E-state index in [1.165, 1.54) is 6.26 Å². The summed E-state index contributed by atoms with van der Waals surface area (Å²) in [5.41, 5.74) is 1.50. The molecule has 1 aromatic carbocycles. The fraction of sp³-hybridized carbons (Fsp3) is 0.381. The first-order valence-corrected chi connectivity index (χ1v) is 11.4. The molecule has 30 heavy (non-hydrogen) atoms. The van der Waals surface area contributed by atoms with Gasteiger partial charge in [-0.05, 0) is 45.3 Å². The van der Waals surface area contributed by atoms with Crippen LogP contribution in [-0.4, -0.2) is 55.9 Å². The highest BCUT2D eigenvalue weighted by atomic mass is 32.2. The fourth-order valence-electron chi connectivity index (χ4n) is 3.79. The van der Waals surface area contributed by atoms with E-state index < -0.39 is 21.1 Å². The number of fused-ring (bicyclic) bond motifs is 1. The van der Waals surface area contributed by atoms with Gasteiger partial charge >= 0.3 is 5.97 Å². The quantitative estimate of drug-likeness (QED) is 0.571. The number of phenols is 1. The Morgan fingerprint density at radius 2 is 2.00 bits per heavy atom. The fourth-order valence-corrected chi connectivity index (χ4v) is 5.03. The number of hydrogen-bond acceptors (Lipinski definition) is 7. The number of aryl methyl sites for hydroxylation is 1. The highest BCUT2D eigenvalue weighted by molar-refractivity contribution is 7.91. The van der Waals surface area contributed by atoms with Crippen LogP contribution in [0.1, 0.15) is 39.5 Å². The van der Waals surface area contributed by atoms with E-state index in [1.54, 1.807) is 42.8 Å². The molecule has 0 radical (unpaired) electrons. The number of carbonyl (C=O) groups excluding carboxylic acids is 1. The maximum Gasteiger partial charge on any atom is 0.340 e. The molecule has 1 atom stereocenters. The third kappa shape index (κ3) is 3.82. The van der Waals surface area contributed by atoms with Crippen molar-refractivity contribution in [3.63, 3.8) is 0 Å². The standard InChI is InChI=1S/C21H26N2O6S/c1-6-28-21(25)18-17-13(12-22(2)3)15(24)10-9-14(17)23(4)19(18)20(30(5,26)27)16-8-7-11-29-16/h7-11,20,24H,6,12H2,1-5H3. The lowest BCUT2D eigenvalue weighted by Gasteiger charge is -2.17. The largest absolute Gasteiger partial charge is 0.508 e. The van der Waals surface area contributed by atoms with Crippen molar-refractivity contribution in [3.8, 4) is 5.75 Å². The highest BCUT2D eigenvalue weighted by Gasteiger charge is 2.37. The molecule has 0 aliphatic heterocycles. The first-order valence-electron chi connectivity index (χ1n) is 9.45. The van der Waals surface area contributed by atoms with Gasteiger partial charge in [-0.1, -0.05) is 0 Å². The van der Waals surface area contributed by atoms with Gasteiger partial charge in [-0.2, -0.15) is 0 Å². The van der Waals surface area contributed by atoms with Crippen molar-refractivity contribution >= 4 is 26.7 Å². The molecule has 9 heteroatoms. The third-order valence-electron chi connectivity index (χ3n) is 4.93. The number of nitrogens with zero attached hydrogens (tertiary/aromatic N) is 2. The smallest absolute Gasteiger partial charge is 0.340 e. The summed E-state index contributed by atoms with van der Waals surface area (Å²) in [6, 6.07) is 6.37. The average Bonchev–Trinajstić information content (AvgIpc) is 3.24. The second kappa shape index (κ2) is 8.16. The molecular formula is C21H26N2O6S. The second-order valence-corrected chi connectivity index (χ2v) is 9.59. The highest BCUT2D eigenvalue weighted by Crippen LogP contribution is 2.41. The molecule has 0 bridgehead atoms. The minimum atomic E-state index is -3.72. The van der Waals surface area contributed by atoms with Gasteiger partial charge < -0.3 is 23.7 Å². The molecule has 2 aromatic heterocycles. The Bertz CT molecular complexity index is 1180. The van der Waals surface area contributed by atoms with E-state index in [1.807, 2.05) is 19.0 Å². The lowest BCUT2D eigenvalue weighted by molar-refractivity contribution is 0.0527. The molecule has 0 amide bonds. The summed E-state index contributed by atoms with van der Waals surface area (Å²) in [5, 5.41) is 9.81. The van der Waals surface area contributed by atoms with E-state index >= 15 is 0 Å². The predicted molar refractivity (Wildman–Crippen MR) is 113 cm³/mol. The maximum absolute atomic E-state index is 13.1. The Morgan fingerprint density at radius 1 is 1.30 bits per heavy atom. The van der Waals surface area contributed by atoms with Crippen LogP contribution in [0.4, 0.5) is 0 Å². The summed E-state index contributed by atoms with van der Waals surface area (Å²) in [7, 11) is 1.65. The number of furan rings is 1. The minimum absolute atomic E-state index is 0.0211. The number of benzene rings is 1. The Labute approximate surface area is 175 Å². The van der Waals surface area contributed by atoms with Gasteiger partial charge in [0.25, 0.3) is 0 Å². The van der Waals surface area contributed by atoms with Gasteiger partial charge in [-0.25, -0.2) is 13.2 Å². The van der Waals surface area contributed by atoms with Crippen molar-refractivity contribution in [2.45, 2.75) is 18.7 Å². The Kier molecular flexibility index (Phi) is 5.96. The van der Waals surface area contributed by atoms with Crippen LogP contribution in [0.15, 0.2) is 34.9 Å². The zero-order valence-electron chi connectivity index (χ0n) is 17.7. The third-order valence-corrected chi connectivity index (χ3v) is 6.24. The van der Waals surface area contributed by atoms with Gasteiger partial charge in [-0.3, -0.25) is 0 Å². The second-order valence-electron chi connectivity index (χ2n) is 7.46. The summed E-state index contributed by atoms with van der Waals surface area (Å²) < 4.78 is 38.1. The predicted octanol–water partition coefficient (Wildman–Crippen LogP) is 2.85. The monoisotopic (exact) mass is 434 g/mol. The maximum atomic E-state index is 13.1. The molecule has 0 saturated carbocycles. The van der Waals surface area contributed by atoms with Crippen LogP contribution in [0.5, 0.6) is 5.75 Å². The van der Waals surface area contributed by atoms with Crippen LogP contribution in [-0.2, 0) is 28.2 Å². The van der Waals surface area contributed by atoms with Gasteiger partial charge in [0.1, 0.15) is 11.5 Å². The van der Waals surface area contributed by atoms with Crippen LogP contribution < -0.4 is 0 Å². The molecule has 0 spiro atoms. The van der Waals surface area contributed by atoms with E-state index in [4.69, 9.17) is 9.15 Å². The Morgan fingerprint density at radius 3 is 2.53 bits per heavy atom. The number of ether oxygens (including phenoxy) is 1. The van der Waals surface area contributed by atoms with Crippen LogP contribution in [0.25, 0.3) is 10.9 Å². The molecule has 0 saturated heterocycles. The molecule has 162 valence electrons. The molecule has 0 aliphatic rings. The summed E-state index contributed by atoms with van der Waals surface area (Å²) >= 11 is 0. The summed E-state index contributed by atoms with van der Waals surface area (Å²) in [6.45, 7) is 2.16. The van der Waals surface area contributed by atoms with Crippen molar-refractivity contribution in [2.75, 3.05) is 27.0 Å². The van der Waals surface area contributed by atoms with E-state index in [-0.39, 0.29) is 29.4 Å². The Hall–Kier alpha value is -2.78. The number of sulfone groups is 1. The SMILES string of the molecule is CCOC(=O)c1c(C(c2ccco2)S(C)(=O)=O)n(C)c2ccc(O)c(CN(C)C)c12. The van der Waals surface area contributed by atoms with Gasteiger partial charge in [0.15, 0.2) is 15.1 Å². The van der Waals surface area contributed by atoms with Crippen molar-refractivity contribution in [3.05, 3.63) is 53.1 Å².